The lowest BCUT2D eigenvalue weighted by molar-refractivity contribution is -0.130. The molecule has 3 heterocycles. The summed E-state index contributed by atoms with van der Waals surface area (Å²) in [7, 11) is 0. The van der Waals surface area contributed by atoms with E-state index in [2.05, 4.69) is 16.5 Å². The SMILES string of the molecule is C=CC(=O)N1CCCC[C@@H](n2c(NC(=O)c3cccc(C)c3)nc3cccc(OC4CCN(C(C)=O)CC4)c32)C1. The number of para-hydroxylation sites is 1. The van der Waals surface area contributed by atoms with Gasteiger partial charge in [0, 0.05) is 51.5 Å². The number of ether oxygens (including phenoxy) is 1. The summed E-state index contributed by atoms with van der Waals surface area (Å²) in [6.07, 6.45) is 5.46. The van der Waals surface area contributed by atoms with Crippen LogP contribution < -0.4 is 10.1 Å². The minimum atomic E-state index is -0.244. The molecule has 2 fully saturated rings. The molecule has 2 aliphatic heterocycles. The fourth-order valence-electron chi connectivity index (χ4n) is 5.74. The Morgan fingerprint density at radius 3 is 2.52 bits per heavy atom. The Morgan fingerprint density at radius 1 is 1.02 bits per heavy atom. The number of carbonyl (C=O) groups is 3. The number of hydrogen-bond acceptors (Lipinski definition) is 5. The van der Waals surface area contributed by atoms with Crippen molar-refractivity contribution in [3.05, 3.63) is 66.2 Å². The van der Waals surface area contributed by atoms with Crippen LogP contribution in [0.15, 0.2) is 55.1 Å². The molecule has 210 valence electrons. The van der Waals surface area contributed by atoms with E-state index in [-0.39, 0.29) is 29.9 Å². The van der Waals surface area contributed by atoms with E-state index < -0.39 is 0 Å². The first kappa shape index (κ1) is 27.4. The summed E-state index contributed by atoms with van der Waals surface area (Å²) >= 11 is 0. The molecule has 9 heteroatoms. The molecule has 0 bridgehead atoms. The molecular weight excluding hydrogens is 506 g/mol. The summed E-state index contributed by atoms with van der Waals surface area (Å²) in [6, 6.07) is 13.1. The van der Waals surface area contributed by atoms with Crippen LogP contribution in [0.4, 0.5) is 5.95 Å². The van der Waals surface area contributed by atoms with Crippen LogP contribution in [0.1, 0.15) is 61.0 Å². The van der Waals surface area contributed by atoms with E-state index in [0.717, 1.165) is 43.2 Å². The molecule has 0 spiro atoms. The van der Waals surface area contributed by atoms with Gasteiger partial charge in [-0.1, -0.05) is 30.3 Å². The summed E-state index contributed by atoms with van der Waals surface area (Å²) in [4.78, 5) is 46.3. The molecule has 0 unspecified atom stereocenters. The van der Waals surface area contributed by atoms with Gasteiger partial charge in [-0.3, -0.25) is 19.7 Å². The minimum Gasteiger partial charge on any atom is -0.488 e. The molecule has 3 amide bonds. The van der Waals surface area contributed by atoms with Gasteiger partial charge >= 0.3 is 0 Å². The smallest absolute Gasteiger partial charge is 0.257 e. The molecule has 1 N–H and O–H groups in total. The van der Waals surface area contributed by atoms with E-state index in [1.165, 1.54) is 6.08 Å². The second kappa shape index (κ2) is 11.9. The number of benzene rings is 2. The number of fused-ring (bicyclic) bond motifs is 1. The number of hydrogen-bond donors (Lipinski definition) is 1. The normalized spacial score (nSPS) is 18.3. The largest absolute Gasteiger partial charge is 0.488 e. The number of amides is 3. The number of likely N-dealkylation sites (tertiary alicyclic amines) is 2. The van der Waals surface area contributed by atoms with E-state index in [9.17, 15) is 14.4 Å². The van der Waals surface area contributed by atoms with Crippen molar-refractivity contribution in [1.82, 2.24) is 19.4 Å². The Morgan fingerprint density at radius 2 is 1.80 bits per heavy atom. The van der Waals surface area contributed by atoms with Crippen molar-refractivity contribution in [2.45, 2.75) is 58.1 Å². The highest BCUT2D eigenvalue weighted by Crippen LogP contribution is 2.36. The average Bonchev–Trinajstić information content (AvgIpc) is 3.14. The number of anilines is 1. The number of nitrogens with one attached hydrogen (secondary N) is 1. The van der Waals surface area contributed by atoms with Gasteiger partial charge in [0.2, 0.25) is 17.8 Å². The zero-order valence-electron chi connectivity index (χ0n) is 23.3. The van der Waals surface area contributed by atoms with E-state index in [1.54, 1.807) is 13.0 Å². The topological polar surface area (TPSA) is 96.8 Å². The van der Waals surface area contributed by atoms with E-state index >= 15 is 0 Å². The maximum Gasteiger partial charge on any atom is 0.257 e. The maximum absolute atomic E-state index is 13.3. The molecule has 2 aromatic carbocycles. The number of carbonyl (C=O) groups excluding carboxylic acids is 3. The average molecular weight is 544 g/mol. The van der Waals surface area contributed by atoms with Crippen LogP contribution in [0.3, 0.4) is 0 Å². The molecule has 0 saturated carbocycles. The molecule has 0 aliphatic carbocycles. The van der Waals surface area contributed by atoms with Crippen molar-refractivity contribution < 1.29 is 19.1 Å². The van der Waals surface area contributed by atoms with Gasteiger partial charge in [-0.2, -0.15) is 0 Å². The maximum atomic E-state index is 13.3. The molecule has 1 atom stereocenters. The number of aryl methyl sites for hydroxylation is 1. The van der Waals surface area contributed by atoms with Crippen LogP contribution in [0.25, 0.3) is 11.0 Å². The minimum absolute atomic E-state index is 0.0390. The molecular formula is C31H37N5O4. The third kappa shape index (κ3) is 5.88. The molecule has 2 aliphatic rings. The molecule has 3 aromatic rings. The molecule has 0 radical (unpaired) electrons. The van der Waals surface area contributed by atoms with Crippen LogP contribution in [0, 0.1) is 6.92 Å². The first-order valence-corrected chi connectivity index (χ1v) is 14.1. The molecule has 2 saturated heterocycles. The van der Waals surface area contributed by atoms with Gasteiger partial charge in [-0.05, 0) is 56.5 Å². The van der Waals surface area contributed by atoms with Crippen molar-refractivity contribution in [3.63, 3.8) is 0 Å². The summed E-state index contributed by atoms with van der Waals surface area (Å²) in [6.45, 7) is 9.70. The highest BCUT2D eigenvalue weighted by Gasteiger charge is 2.29. The quantitative estimate of drug-likeness (QED) is 0.454. The highest BCUT2D eigenvalue weighted by molar-refractivity contribution is 6.04. The standard InChI is InChI=1S/C31H37N5O4/c1-4-28(38)35-16-6-5-11-24(20-35)36-29-26(32-31(36)33-30(39)23-10-7-9-21(2)19-23)12-8-13-27(29)40-25-14-17-34(18-15-25)22(3)37/h4,7-10,12-13,19,24-25H,1,5-6,11,14-18,20H2,2-3H3,(H,32,33,39)/t24-/m1/s1. The van der Waals surface area contributed by atoms with Crippen LogP contribution in [0.5, 0.6) is 5.75 Å². The Bertz CT molecular complexity index is 1420. The van der Waals surface area contributed by atoms with Crippen LogP contribution >= 0.6 is 0 Å². The van der Waals surface area contributed by atoms with Crippen molar-refractivity contribution in [3.8, 4) is 5.75 Å². The van der Waals surface area contributed by atoms with Gasteiger partial charge in [0.25, 0.3) is 5.91 Å². The zero-order valence-corrected chi connectivity index (χ0v) is 23.3. The number of rotatable bonds is 6. The predicted molar refractivity (Wildman–Crippen MR) is 154 cm³/mol. The van der Waals surface area contributed by atoms with Crippen molar-refractivity contribution in [2.24, 2.45) is 0 Å². The van der Waals surface area contributed by atoms with Crippen LogP contribution in [-0.4, -0.2) is 69.4 Å². The zero-order chi connectivity index (χ0) is 28.2. The van der Waals surface area contributed by atoms with Crippen LogP contribution in [-0.2, 0) is 9.59 Å². The van der Waals surface area contributed by atoms with Gasteiger partial charge in [-0.25, -0.2) is 4.98 Å². The first-order chi connectivity index (χ1) is 19.3. The number of imidazole rings is 1. The van der Waals surface area contributed by atoms with Crippen LogP contribution in [0.2, 0.25) is 0 Å². The number of piperidine rings is 1. The Kier molecular flexibility index (Phi) is 8.19. The third-order valence-electron chi connectivity index (χ3n) is 7.86. The number of nitrogens with zero attached hydrogens (tertiary/aromatic N) is 4. The summed E-state index contributed by atoms with van der Waals surface area (Å²) < 4.78 is 8.62. The summed E-state index contributed by atoms with van der Waals surface area (Å²) in [5, 5.41) is 3.06. The molecule has 9 nitrogen and oxygen atoms in total. The Hall–Kier alpha value is -4.14. The third-order valence-corrected chi connectivity index (χ3v) is 7.86. The van der Waals surface area contributed by atoms with Gasteiger partial charge in [0.1, 0.15) is 17.4 Å². The lowest BCUT2D eigenvalue weighted by atomic mass is 10.1. The van der Waals surface area contributed by atoms with E-state index in [1.807, 2.05) is 53.1 Å². The molecule has 5 rings (SSSR count). The Labute approximate surface area is 234 Å². The molecule has 1 aromatic heterocycles. The summed E-state index contributed by atoms with van der Waals surface area (Å²) in [5.41, 5.74) is 3.06. The fourth-order valence-corrected chi connectivity index (χ4v) is 5.74. The van der Waals surface area contributed by atoms with E-state index in [4.69, 9.17) is 9.72 Å². The van der Waals surface area contributed by atoms with Gasteiger partial charge in [0.15, 0.2) is 0 Å². The lowest BCUT2D eigenvalue weighted by Gasteiger charge is -2.32. The Balaban J connectivity index is 1.53. The monoisotopic (exact) mass is 543 g/mol. The first-order valence-electron chi connectivity index (χ1n) is 14.1. The van der Waals surface area contributed by atoms with Gasteiger partial charge in [-0.15, -0.1) is 0 Å². The second-order valence-corrected chi connectivity index (χ2v) is 10.7. The van der Waals surface area contributed by atoms with Gasteiger partial charge in [0.05, 0.1) is 11.6 Å². The predicted octanol–water partition coefficient (Wildman–Crippen LogP) is 4.73. The van der Waals surface area contributed by atoms with Crippen molar-refractivity contribution in [1.29, 1.82) is 0 Å². The molecule has 40 heavy (non-hydrogen) atoms. The van der Waals surface area contributed by atoms with Crippen molar-refractivity contribution in [2.75, 3.05) is 31.5 Å². The lowest BCUT2D eigenvalue weighted by Crippen LogP contribution is -2.40. The van der Waals surface area contributed by atoms with Crippen molar-refractivity contribution >= 4 is 34.7 Å². The second-order valence-electron chi connectivity index (χ2n) is 10.7. The van der Waals surface area contributed by atoms with Gasteiger partial charge < -0.3 is 19.1 Å². The highest BCUT2D eigenvalue weighted by atomic mass is 16.5. The van der Waals surface area contributed by atoms with E-state index in [0.29, 0.717) is 49.0 Å². The fraction of sp³-hybridized carbons (Fsp3) is 0.419. The number of aromatic nitrogens is 2. The summed E-state index contributed by atoms with van der Waals surface area (Å²) in [5.74, 6) is 0.858.